The fourth-order valence-corrected chi connectivity index (χ4v) is 4.78. The second-order valence-corrected chi connectivity index (χ2v) is 7.64. The zero-order valence-corrected chi connectivity index (χ0v) is 15.1. The van der Waals surface area contributed by atoms with Gasteiger partial charge < -0.3 is 0 Å². The van der Waals surface area contributed by atoms with Crippen molar-refractivity contribution in [2.75, 3.05) is 4.90 Å². The number of fused-ring (bicyclic) bond motifs is 5. The van der Waals surface area contributed by atoms with Crippen molar-refractivity contribution in [1.82, 2.24) is 0 Å². The number of allylic oxidation sites excluding steroid dienone is 4. The smallest absolute Gasteiger partial charge is 0.274 e. The number of carbonyl (C=O) groups is 2. The van der Waals surface area contributed by atoms with Gasteiger partial charge in [0.05, 0.1) is 16.8 Å². The molecule has 26 heavy (non-hydrogen) atoms. The van der Waals surface area contributed by atoms with E-state index in [1.807, 2.05) is 32.9 Å². The Hall–Kier alpha value is -2.76. The van der Waals surface area contributed by atoms with Gasteiger partial charge in [0.25, 0.3) is 5.69 Å². The number of nitro groups is 1. The molecule has 1 heterocycles. The average Bonchev–Trinajstić information content (AvgIpc) is 3.20. The minimum Gasteiger partial charge on any atom is -0.274 e. The SMILES string of the molecule is CC(C)=C1[C@H]2C=C[C@H]1[C@H]1C(=O)N(c3cc(C)c(C)cc3[N+](=O)[O-])C(=O)[C@H]12. The Morgan fingerprint density at radius 3 is 1.96 bits per heavy atom. The third-order valence-corrected chi connectivity index (χ3v) is 6.02. The molecule has 1 saturated carbocycles. The van der Waals surface area contributed by atoms with Crippen molar-refractivity contribution in [1.29, 1.82) is 0 Å². The number of anilines is 1. The van der Waals surface area contributed by atoms with Crippen molar-refractivity contribution in [2.24, 2.45) is 23.7 Å². The van der Waals surface area contributed by atoms with Crippen LogP contribution in [0.4, 0.5) is 11.4 Å². The lowest BCUT2D eigenvalue weighted by atomic mass is 9.85. The molecule has 2 bridgehead atoms. The molecule has 1 aromatic carbocycles. The zero-order chi connectivity index (χ0) is 18.9. The van der Waals surface area contributed by atoms with E-state index in [4.69, 9.17) is 0 Å². The molecule has 0 unspecified atom stereocenters. The van der Waals surface area contributed by atoms with Crippen molar-refractivity contribution in [2.45, 2.75) is 27.7 Å². The van der Waals surface area contributed by atoms with E-state index in [9.17, 15) is 19.7 Å². The first-order valence-corrected chi connectivity index (χ1v) is 8.73. The van der Waals surface area contributed by atoms with Crippen LogP contribution in [0.5, 0.6) is 0 Å². The minimum absolute atomic E-state index is 0.0675. The largest absolute Gasteiger partial charge is 0.293 e. The number of amides is 2. The zero-order valence-electron chi connectivity index (χ0n) is 15.1. The summed E-state index contributed by atoms with van der Waals surface area (Å²) in [6.45, 7) is 7.61. The Balaban J connectivity index is 1.83. The topological polar surface area (TPSA) is 80.5 Å². The van der Waals surface area contributed by atoms with Gasteiger partial charge in [-0.1, -0.05) is 23.3 Å². The summed E-state index contributed by atoms with van der Waals surface area (Å²) < 4.78 is 0. The predicted molar refractivity (Wildman–Crippen MR) is 96.5 cm³/mol. The van der Waals surface area contributed by atoms with Crippen LogP contribution in [-0.4, -0.2) is 16.7 Å². The lowest BCUT2D eigenvalue weighted by Gasteiger charge is -2.20. The number of carbonyl (C=O) groups excluding carboxylic acids is 2. The Morgan fingerprint density at radius 1 is 1.00 bits per heavy atom. The third kappa shape index (κ3) is 1.98. The molecule has 1 aromatic rings. The Bertz CT molecular complexity index is 905. The number of rotatable bonds is 2. The van der Waals surface area contributed by atoms with Crippen LogP contribution in [0.3, 0.4) is 0 Å². The lowest BCUT2D eigenvalue weighted by Crippen LogP contribution is -2.34. The van der Waals surface area contributed by atoms with Gasteiger partial charge in [-0.05, 0) is 44.9 Å². The summed E-state index contributed by atoms with van der Waals surface area (Å²) in [5, 5.41) is 11.5. The Morgan fingerprint density at radius 2 is 1.50 bits per heavy atom. The van der Waals surface area contributed by atoms with Crippen LogP contribution in [0.2, 0.25) is 0 Å². The van der Waals surface area contributed by atoms with Gasteiger partial charge >= 0.3 is 0 Å². The molecule has 6 nitrogen and oxygen atoms in total. The van der Waals surface area contributed by atoms with E-state index in [-0.39, 0.29) is 35.0 Å². The van der Waals surface area contributed by atoms with E-state index in [1.165, 1.54) is 6.07 Å². The summed E-state index contributed by atoms with van der Waals surface area (Å²) in [4.78, 5) is 38.4. The summed E-state index contributed by atoms with van der Waals surface area (Å²) in [6.07, 6.45) is 4.02. The normalized spacial score (nSPS) is 28.9. The van der Waals surface area contributed by atoms with Crippen molar-refractivity contribution in [3.8, 4) is 0 Å². The number of nitro benzene ring substituents is 1. The van der Waals surface area contributed by atoms with Gasteiger partial charge in [-0.2, -0.15) is 0 Å². The van der Waals surface area contributed by atoms with E-state index < -0.39 is 16.8 Å². The molecule has 2 aliphatic carbocycles. The van der Waals surface area contributed by atoms with Crippen LogP contribution in [-0.2, 0) is 9.59 Å². The van der Waals surface area contributed by atoms with Crippen LogP contribution in [0.15, 0.2) is 35.4 Å². The summed E-state index contributed by atoms with van der Waals surface area (Å²) >= 11 is 0. The minimum atomic E-state index is -0.523. The fourth-order valence-electron chi connectivity index (χ4n) is 4.78. The molecule has 4 rings (SSSR count). The highest BCUT2D eigenvalue weighted by Gasteiger charge is 2.62. The van der Waals surface area contributed by atoms with Crippen LogP contribution < -0.4 is 4.90 Å². The van der Waals surface area contributed by atoms with E-state index in [0.717, 1.165) is 27.2 Å². The molecule has 2 amide bonds. The van der Waals surface area contributed by atoms with Gasteiger partial charge in [0.1, 0.15) is 5.69 Å². The Labute approximate surface area is 151 Å². The van der Waals surface area contributed by atoms with Gasteiger partial charge in [-0.15, -0.1) is 0 Å². The van der Waals surface area contributed by atoms with E-state index in [1.54, 1.807) is 13.0 Å². The monoisotopic (exact) mass is 352 g/mol. The molecular formula is C20H20N2O4. The highest BCUT2D eigenvalue weighted by molar-refractivity contribution is 6.24. The molecule has 0 spiro atoms. The Kier molecular flexibility index (Phi) is 3.45. The molecule has 0 radical (unpaired) electrons. The van der Waals surface area contributed by atoms with Gasteiger partial charge in [-0.25, -0.2) is 4.90 Å². The number of imide groups is 1. The number of hydrogen-bond acceptors (Lipinski definition) is 4. The molecule has 6 heteroatoms. The van der Waals surface area contributed by atoms with Crippen LogP contribution >= 0.6 is 0 Å². The molecular weight excluding hydrogens is 332 g/mol. The van der Waals surface area contributed by atoms with Gasteiger partial charge in [0.2, 0.25) is 11.8 Å². The molecule has 2 fully saturated rings. The first-order chi connectivity index (χ1) is 12.2. The molecule has 3 aliphatic rings. The van der Waals surface area contributed by atoms with Crippen molar-refractivity contribution < 1.29 is 14.5 Å². The number of hydrogen-bond donors (Lipinski definition) is 0. The summed E-state index contributed by atoms with van der Waals surface area (Å²) in [6, 6.07) is 3.02. The summed E-state index contributed by atoms with van der Waals surface area (Å²) in [5.74, 6) is -1.65. The third-order valence-electron chi connectivity index (χ3n) is 6.02. The molecule has 0 aromatic heterocycles. The van der Waals surface area contributed by atoms with Crippen LogP contribution in [0, 0.1) is 47.6 Å². The fraction of sp³-hybridized carbons (Fsp3) is 0.400. The first kappa shape index (κ1) is 16.7. The van der Waals surface area contributed by atoms with E-state index >= 15 is 0 Å². The lowest BCUT2D eigenvalue weighted by molar-refractivity contribution is -0.384. The molecule has 1 aliphatic heterocycles. The molecule has 134 valence electrons. The van der Waals surface area contributed by atoms with Crippen LogP contribution in [0.1, 0.15) is 25.0 Å². The van der Waals surface area contributed by atoms with E-state index in [2.05, 4.69) is 0 Å². The van der Waals surface area contributed by atoms with E-state index in [0.29, 0.717) is 0 Å². The quantitative estimate of drug-likeness (QED) is 0.353. The second kappa shape index (κ2) is 5.37. The van der Waals surface area contributed by atoms with Crippen molar-refractivity contribution in [3.05, 3.63) is 56.7 Å². The van der Waals surface area contributed by atoms with Gasteiger partial charge in [-0.3, -0.25) is 19.7 Å². The average molecular weight is 352 g/mol. The highest BCUT2D eigenvalue weighted by atomic mass is 16.6. The van der Waals surface area contributed by atoms with Gasteiger partial charge in [0.15, 0.2) is 0 Å². The first-order valence-electron chi connectivity index (χ1n) is 8.73. The number of nitrogens with zero attached hydrogens (tertiary/aromatic N) is 2. The number of aryl methyl sites for hydroxylation is 2. The van der Waals surface area contributed by atoms with Crippen molar-refractivity contribution in [3.63, 3.8) is 0 Å². The summed E-state index contributed by atoms with van der Waals surface area (Å²) in [7, 11) is 0. The van der Waals surface area contributed by atoms with Crippen molar-refractivity contribution >= 4 is 23.2 Å². The maximum atomic E-state index is 13.2. The molecule has 1 saturated heterocycles. The highest BCUT2D eigenvalue weighted by Crippen LogP contribution is 2.57. The standard InChI is InChI=1S/C20H20N2O4/c1-9(2)16-12-5-6-13(16)18-17(12)19(23)21(20(18)24)14-7-10(3)11(4)8-15(14)22(25)26/h5-8,12-13,17-18H,1-4H3/t12-,13-,17-,18+/m1/s1. The van der Waals surface area contributed by atoms with Crippen LogP contribution in [0.25, 0.3) is 0 Å². The maximum absolute atomic E-state index is 13.2. The second-order valence-electron chi connectivity index (χ2n) is 7.64. The molecule has 4 atom stereocenters. The predicted octanol–water partition coefficient (Wildman–Crippen LogP) is 3.47. The summed E-state index contributed by atoms with van der Waals surface area (Å²) in [5.41, 5.74) is 3.78. The maximum Gasteiger partial charge on any atom is 0.293 e. The van der Waals surface area contributed by atoms with Gasteiger partial charge in [0, 0.05) is 17.9 Å². The molecule has 0 N–H and O–H groups in total. The number of benzene rings is 1.